The molecule has 5 rings (SSSR count). The summed E-state index contributed by atoms with van der Waals surface area (Å²) in [6.45, 7) is 2.48. The monoisotopic (exact) mass is 385 g/mol. The first-order valence-corrected chi connectivity index (χ1v) is 9.90. The summed E-state index contributed by atoms with van der Waals surface area (Å²) in [5, 5.41) is 0. The third kappa shape index (κ3) is 3.36. The molecular weight excluding hydrogens is 363 g/mol. The van der Waals surface area contributed by atoms with E-state index in [1.807, 2.05) is 0 Å². The van der Waals surface area contributed by atoms with Crippen molar-refractivity contribution >= 4 is 18.7 Å². The summed E-state index contributed by atoms with van der Waals surface area (Å²) < 4.78 is 9.04. The Morgan fingerprint density at radius 3 is 1.29 bits per heavy atom. The standard InChI is InChI=1S/C14H20N2O6.Mn.H2O/c17-7-1-15(2-8-18)5-11-21-13-14-22-12-6-16(3-9-19)4-10-20;;/h1-6,11-14H2;;1H2. The number of ether oxygens (including phenoxy) is 2. The Hall–Kier alpha value is -1.00. The summed E-state index contributed by atoms with van der Waals surface area (Å²) in [5.74, 6) is 0. The van der Waals surface area contributed by atoms with E-state index in [-0.39, 0.29) is 31.7 Å². The van der Waals surface area contributed by atoms with Crippen molar-refractivity contribution in [2.24, 2.45) is 0 Å². The van der Waals surface area contributed by atoms with E-state index in [2.05, 4.69) is 0 Å². The van der Waals surface area contributed by atoms with Crippen LogP contribution in [-0.4, -0.2) is 99.7 Å². The number of carbonyl (C=O) groups is 4. The predicted molar refractivity (Wildman–Crippen MR) is 78.2 cm³/mol. The molecule has 0 amide bonds. The van der Waals surface area contributed by atoms with Crippen molar-refractivity contribution in [2.75, 3.05) is 65.7 Å². The molecule has 5 saturated heterocycles. The molecule has 0 saturated carbocycles. The van der Waals surface area contributed by atoms with Gasteiger partial charge in [-0.1, -0.05) is 0 Å². The molecule has 0 aliphatic carbocycles. The Bertz CT molecular complexity index is 466. The number of rotatable bonds is 0. The summed E-state index contributed by atoms with van der Waals surface area (Å²) in [7, 11) is 0. The third-order valence-corrected chi connectivity index (χ3v) is 8.83. The summed E-state index contributed by atoms with van der Waals surface area (Å²) in [6.07, 6.45) is 0. The SMILES string of the molecule is O.O=[C]1CN2CCOCCOCCN3C[C](=O)[Mn]1([C](=O)C2)[C](=O)C3. The summed E-state index contributed by atoms with van der Waals surface area (Å²) in [6, 6.07) is 0. The molecule has 10 heteroatoms. The Morgan fingerprint density at radius 2 is 0.958 bits per heavy atom. The fourth-order valence-corrected chi connectivity index (χ4v) is 7.28. The molecular formula is C14H22MnN2O7. The number of carbonyl (C=O) groups excluding carboxylic acids is 4. The Kier molecular flexibility index (Phi) is 6.38. The van der Waals surface area contributed by atoms with Crippen LogP contribution in [0.1, 0.15) is 0 Å². The molecule has 3 bridgehead atoms. The van der Waals surface area contributed by atoms with E-state index in [0.717, 1.165) is 0 Å². The van der Waals surface area contributed by atoms with Crippen molar-refractivity contribution in [2.45, 2.75) is 0 Å². The molecule has 0 unspecified atom stereocenters. The molecule has 0 atom stereocenters. The average molecular weight is 385 g/mol. The first-order valence-electron chi connectivity index (χ1n) is 7.54. The Labute approximate surface area is 141 Å². The van der Waals surface area contributed by atoms with Gasteiger partial charge < -0.3 is 5.48 Å². The van der Waals surface area contributed by atoms with Gasteiger partial charge in [-0.3, -0.25) is 0 Å². The van der Waals surface area contributed by atoms with Gasteiger partial charge in [0.05, 0.1) is 0 Å². The molecule has 137 valence electrons. The van der Waals surface area contributed by atoms with Gasteiger partial charge in [0.25, 0.3) is 0 Å². The molecule has 0 aromatic heterocycles. The fourth-order valence-electron chi connectivity index (χ4n) is 2.90. The van der Waals surface area contributed by atoms with E-state index in [4.69, 9.17) is 9.47 Å². The zero-order valence-electron chi connectivity index (χ0n) is 13.3. The van der Waals surface area contributed by atoms with E-state index in [9.17, 15) is 19.2 Å². The van der Waals surface area contributed by atoms with Gasteiger partial charge >= 0.3 is 136 Å². The van der Waals surface area contributed by atoms with Gasteiger partial charge in [0.1, 0.15) is 0 Å². The average Bonchev–Trinajstić information content (AvgIpc) is 2.49. The van der Waals surface area contributed by atoms with Gasteiger partial charge in [0.2, 0.25) is 0 Å². The van der Waals surface area contributed by atoms with Crippen LogP contribution in [0.3, 0.4) is 0 Å². The third-order valence-electron chi connectivity index (χ3n) is 4.13. The van der Waals surface area contributed by atoms with Crippen molar-refractivity contribution in [3.05, 3.63) is 0 Å². The number of nitrogens with zero attached hydrogens (tertiary/aromatic N) is 2. The normalized spacial score (nSPS) is 38.0. The van der Waals surface area contributed by atoms with Crippen molar-refractivity contribution in [3.63, 3.8) is 0 Å². The van der Waals surface area contributed by atoms with Crippen LogP contribution < -0.4 is 0 Å². The minimum atomic E-state index is -3.87. The molecule has 24 heavy (non-hydrogen) atoms. The van der Waals surface area contributed by atoms with Crippen LogP contribution in [0.2, 0.25) is 0 Å². The van der Waals surface area contributed by atoms with Crippen LogP contribution in [0, 0.1) is 0 Å². The predicted octanol–water partition coefficient (Wildman–Crippen LogP) is -2.90. The first kappa shape index (κ1) is 19.3. The van der Waals surface area contributed by atoms with Crippen molar-refractivity contribution < 1.29 is 47.0 Å². The maximum atomic E-state index is 12.6. The van der Waals surface area contributed by atoms with Crippen LogP contribution in [0.25, 0.3) is 0 Å². The first-order chi connectivity index (χ1) is 11.0. The van der Waals surface area contributed by atoms with Gasteiger partial charge in [0, 0.05) is 0 Å². The van der Waals surface area contributed by atoms with Crippen LogP contribution in [0.5, 0.6) is 0 Å². The molecule has 1 spiro atoms. The fraction of sp³-hybridized carbons (Fsp3) is 0.714. The molecule has 5 aliphatic rings. The summed E-state index contributed by atoms with van der Waals surface area (Å²) in [5.41, 5.74) is 0. The second-order valence-electron chi connectivity index (χ2n) is 5.63. The van der Waals surface area contributed by atoms with E-state index >= 15 is 0 Å². The Morgan fingerprint density at radius 1 is 0.625 bits per heavy atom. The second kappa shape index (κ2) is 7.92. The molecule has 0 aromatic rings. The molecule has 0 radical (unpaired) electrons. The molecule has 5 heterocycles. The zero-order valence-corrected chi connectivity index (χ0v) is 14.5. The number of fused-ring (bicyclic) bond motifs is 2. The van der Waals surface area contributed by atoms with Gasteiger partial charge in [0.15, 0.2) is 0 Å². The van der Waals surface area contributed by atoms with E-state index in [1.54, 1.807) is 9.80 Å². The van der Waals surface area contributed by atoms with Gasteiger partial charge in [-0.2, -0.15) is 0 Å². The molecule has 9 nitrogen and oxygen atoms in total. The summed E-state index contributed by atoms with van der Waals surface area (Å²) >= 11 is -3.87. The molecule has 0 aromatic carbocycles. The molecule has 5 aliphatic heterocycles. The second-order valence-corrected chi connectivity index (χ2v) is 10.0. The van der Waals surface area contributed by atoms with Gasteiger partial charge in [-0.15, -0.1) is 0 Å². The number of hydrogen-bond donors (Lipinski definition) is 0. The van der Waals surface area contributed by atoms with Crippen LogP contribution in [0.15, 0.2) is 0 Å². The quantitative estimate of drug-likeness (QED) is 0.407. The van der Waals surface area contributed by atoms with Gasteiger partial charge in [-0.05, 0) is 0 Å². The van der Waals surface area contributed by atoms with E-state index in [1.165, 1.54) is 0 Å². The van der Waals surface area contributed by atoms with E-state index < -0.39 is 31.6 Å². The number of hydrogen-bond acceptors (Lipinski definition) is 8. The van der Waals surface area contributed by atoms with Crippen LogP contribution in [0.4, 0.5) is 0 Å². The van der Waals surface area contributed by atoms with E-state index in [0.29, 0.717) is 39.5 Å². The maximum absolute atomic E-state index is 12.6. The topological polar surface area (TPSA) is 125 Å². The minimum absolute atomic E-state index is 0. The Balaban J connectivity index is 0.00000208. The molecule has 2 N–H and O–H groups in total. The van der Waals surface area contributed by atoms with Gasteiger partial charge in [-0.25, -0.2) is 0 Å². The van der Waals surface area contributed by atoms with Crippen LogP contribution >= 0.6 is 0 Å². The van der Waals surface area contributed by atoms with Crippen molar-refractivity contribution in [1.29, 1.82) is 0 Å². The van der Waals surface area contributed by atoms with Crippen LogP contribution in [-0.2, 0) is 41.5 Å². The zero-order chi connectivity index (χ0) is 16.4. The van der Waals surface area contributed by atoms with Crippen molar-refractivity contribution in [1.82, 2.24) is 9.80 Å². The summed E-state index contributed by atoms with van der Waals surface area (Å²) in [4.78, 5) is 53.7. The van der Waals surface area contributed by atoms with Crippen molar-refractivity contribution in [3.8, 4) is 0 Å². The molecule has 5 fully saturated rings.